The number of hydrogen-bond donors (Lipinski definition) is 2. The highest BCUT2D eigenvalue weighted by Crippen LogP contribution is 2.43. The maximum atomic E-state index is 14.2. The van der Waals surface area contributed by atoms with Crippen molar-refractivity contribution < 1.29 is 14.3 Å². The Morgan fingerprint density at radius 2 is 2.07 bits per heavy atom. The van der Waals surface area contributed by atoms with Crippen LogP contribution in [0.5, 0.6) is 0 Å². The molecule has 27 heavy (non-hydrogen) atoms. The van der Waals surface area contributed by atoms with E-state index >= 15 is 0 Å². The van der Waals surface area contributed by atoms with Gasteiger partial charge < -0.3 is 10.4 Å². The van der Waals surface area contributed by atoms with Crippen molar-refractivity contribution in [2.45, 2.75) is 18.8 Å². The zero-order valence-corrected chi connectivity index (χ0v) is 14.7. The monoisotopic (exact) mass is 384 g/mol. The minimum Gasteiger partial charge on any atom is -0.478 e. The summed E-state index contributed by atoms with van der Waals surface area (Å²) in [6, 6.07) is 5.73. The Bertz CT molecular complexity index is 1040. The van der Waals surface area contributed by atoms with Gasteiger partial charge in [0.25, 0.3) is 0 Å². The van der Waals surface area contributed by atoms with E-state index in [1.807, 2.05) is 0 Å². The van der Waals surface area contributed by atoms with E-state index in [1.165, 1.54) is 30.6 Å². The molecule has 1 aliphatic rings. The largest absolute Gasteiger partial charge is 0.478 e. The number of carbonyl (C=O) groups is 1. The van der Waals surface area contributed by atoms with Crippen LogP contribution < -0.4 is 5.32 Å². The first-order valence-electron chi connectivity index (χ1n) is 8.29. The molecule has 0 spiro atoms. The molecule has 1 aliphatic carbocycles. The number of aromatic carboxylic acids is 1. The van der Waals surface area contributed by atoms with Crippen molar-refractivity contribution in [3.63, 3.8) is 0 Å². The average molecular weight is 385 g/mol. The molecule has 2 N–H and O–H groups in total. The SMILES string of the molecule is O=C(O)c1cnccc1Nc1nc(-c2cc(Cl)ccc2F)ncc1C1CC1. The van der Waals surface area contributed by atoms with Gasteiger partial charge in [0.2, 0.25) is 0 Å². The van der Waals surface area contributed by atoms with Gasteiger partial charge >= 0.3 is 5.97 Å². The van der Waals surface area contributed by atoms with E-state index in [-0.39, 0.29) is 17.0 Å². The van der Waals surface area contributed by atoms with Crippen molar-refractivity contribution in [1.82, 2.24) is 15.0 Å². The standard InChI is InChI=1S/C19H14ClFN4O2/c20-11-3-4-15(21)12(7-11)17-23-9-13(10-1-2-10)18(25-17)24-16-5-6-22-8-14(16)19(26)27/h3-10H,1-2H2,(H,26,27)(H,22,23,24,25). The molecule has 0 atom stereocenters. The van der Waals surface area contributed by atoms with Gasteiger partial charge in [-0.15, -0.1) is 0 Å². The predicted octanol–water partition coefficient (Wildman–Crippen LogP) is 4.65. The molecule has 2 aromatic heterocycles. The van der Waals surface area contributed by atoms with Gasteiger partial charge in [0.1, 0.15) is 17.2 Å². The Hall–Kier alpha value is -3.06. The lowest BCUT2D eigenvalue weighted by molar-refractivity contribution is 0.0697. The Morgan fingerprint density at radius 3 is 2.81 bits per heavy atom. The van der Waals surface area contributed by atoms with Crippen LogP contribution in [0.2, 0.25) is 5.02 Å². The van der Waals surface area contributed by atoms with Crippen LogP contribution in [0.3, 0.4) is 0 Å². The predicted molar refractivity (Wildman–Crippen MR) is 98.9 cm³/mol. The normalized spacial score (nSPS) is 13.4. The molecule has 1 aromatic carbocycles. The summed E-state index contributed by atoms with van der Waals surface area (Å²) in [5.74, 6) is -0.655. The van der Waals surface area contributed by atoms with Crippen molar-refractivity contribution in [3.05, 3.63) is 64.8 Å². The van der Waals surface area contributed by atoms with Crippen molar-refractivity contribution in [1.29, 1.82) is 0 Å². The molecule has 4 rings (SSSR count). The summed E-state index contributed by atoms with van der Waals surface area (Å²) >= 11 is 5.97. The van der Waals surface area contributed by atoms with Crippen LogP contribution in [0.15, 0.2) is 42.9 Å². The van der Waals surface area contributed by atoms with Crippen LogP contribution >= 0.6 is 11.6 Å². The molecule has 8 heteroatoms. The minimum atomic E-state index is -1.10. The molecule has 0 unspecified atom stereocenters. The van der Waals surface area contributed by atoms with Gasteiger partial charge in [0.05, 0.1) is 11.3 Å². The number of rotatable bonds is 5. The molecule has 1 fully saturated rings. The third-order valence-corrected chi connectivity index (χ3v) is 4.54. The first-order chi connectivity index (χ1) is 13.0. The number of carboxylic acids is 1. The van der Waals surface area contributed by atoms with Crippen LogP contribution in [0.1, 0.15) is 34.7 Å². The molecule has 0 radical (unpaired) electrons. The number of anilines is 2. The molecule has 136 valence electrons. The zero-order valence-electron chi connectivity index (χ0n) is 14.0. The summed E-state index contributed by atoms with van der Waals surface area (Å²) in [6.07, 6.45) is 6.42. The van der Waals surface area contributed by atoms with Gasteiger partial charge in [-0.25, -0.2) is 19.2 Å². The van der Waals surface area contributed by atoms with Gasteiger partial charge in [-0.05, 0) is 43.0 Å². The highest BCUT2D eigenvalue weighted by molar-refractivity contribution is 6.30. The van der Waals surface area contributed by atoms with Crippen LogP contribution in [0, 0.1) is 5.82 Å². The van der Waals surface area contributed by atoms with Crippen molar-refractivity contribution in [2.24, 2.45) is 0 Å². The molecule has 1 saturated carbocycles. The van der Waals surface area contributed by atoms with Crippen LogP contribution in [-0.2, 0) is 0 Å². The highest BCUT2D eigenvalue weighted by atomic mass is 35.5. The third-order valence-electron chi connectivity index (χ3n) is 4.31. The molecule has 0 saturated heterocycles. The van der Waals surface area contributed by atoms with E-state index in [9.17, 15) is 14.3 Å². The lowest BCUT2D eigenvalue weighted by Gasteiger charge is -2.13. The maximum Gasteiger partial charge on any atom is 0.339 e. The molecule has 0 amide bonds. The summed E-state index contributed by atoms with van der Waals surface area (Å²) in [6.45, 7) is 0. The summed E-state index contributed by atoms with van der Waals surface area (Å²) < 4.78 is 14.2. The van der Waals surface area contributed by atoms with Gasteiger partial charge in [-0.3, -0.25) is 4.98 Å². The Kier molecular flexibility index (Phi) is 4.45. The summed E-state index contributed by atoms with van der Waals surface area (Å²) in [7, 11) is 0. The van der Waals surface area contributed by atoms with Gasteiger partial charge in [-0.1, -0.05) is 11.6 Å². The molecule has 3 aromatic rings. The molecule has 6 nitrogen and oxygen atoms in total. The van der Waals surface area contributed by atoms with E-state index in [0.29, 0.717) is 22.4 Å². The topological polar surface area (TPSA) is 88.0 Å². The fourth-order valence-corrected chi connectivity index (χ4v) is 2.96. The number of benzene rings is 1. The van der Waals surface area contributed by atoms with Gasteiger partial charge in [0, 0.05) is 29.2 Å². The second-order valence-electron chi connectivity index (χ2n) is 6.25. The molecule has 2 heterocycles. The second-order valence-corrected chi connectivity index (χ2v) is 6.68. The van der Waals surface area contributed by atoms with E-state index in [0.717, 1.165) is 18.4 Å². The Labute approximate surface area is 159 Å². The van der Waals surface area contributed by atoms with E-state index in [2.05, 4.69) is 20.3 Å². The number of aromatic nitrogens is 3. The van der Waals surface area contributed by atoms with E-state index in [1.54, 1.807) is 12.3 Å². The summed E-state index contributed by atoms with van der Waals surface area (Å²) in [5.41, 5.74) is 1.43. The number of nitrogens with zero attached hydrogens (tertiary/aromatic N) is 3. The highest BCUT2D eigenvalue weighted by Gasteiger charge is 2.28. The Balaban J connectivity index is 1.79. The van der Waals surface area contributed by atoms with Gasteiger partial charge in [-0.2, -0.15) is 0 Å². The van der Waals surface area contributed by atoms with Crippen LogP contribution in [-0.4, -0.2) is 26.0 Å². The summed E-state index contributed by atoms with van der Waals surface area (Å²) in [5, 5.41) is 12.8. The third kappa shape index (κ3) is 3.59. The smallest absolute Gasteiger partial charge is 0.339 e. The number of pyridine rings is 1. The van der Waals surface area contributed by atoms with E-state index in [4.69, 9.17) is 11.6 Å². The van der Waals surface area contributed by atoms with Crippen LogP contribution in [0.4, 0.5) is 15.9 Å². The lowest BCUT2D eigenvalue weighted by Crippen LogP contribution is -2.07. The fourth-order valence-electron chi connectivity index (χ4n) is 2.78. The lowest BCUT2D eigenvalue weighted by atomic mass is 10.1. The number of hydrogen-bond acceptors (Lipinski definition) is 5. The summed E-state index contributed by atoms with van der Waals surface area (Å²) in [4.78, 5) is 24.0. The van der Waals surface area contributed by atoms with Gasteiger partial charge in [0.15, 0.2) is 5.82 Å². The zero-order chi connectivity index (χ0) is 19.0. The fraction of sp³-hybridized carbons (Fsp3) is 0.158. The quantitative estimate of drug-likeness (QED) is 0.665. The molecule has 0 bridgehead atoms. The molecule has 0 aliphatic heterocycles. The second kappa shape index (κ2) is 6.92. The number of halogens is 2. The molecular formula is C19H14ClFN4O2. The number of nitrogens with one attached hydrogen (secondary N) is 1. The first kappa shape index (κ1) is 17.4. The van der Waals surface area contributed by atoms with Crippen molar-refractivity contribution in [3.8, 4) is 11.4 Å². The molecular weight excluding hydrogens is 371 g/mol. The maximum absolute atomic E-state index is 14.2. The van der Waals surface area contributed by atoms with Crippen molar-refractivity contribution in [2.75, 3.05) is 5.32 Å². The van der Waals surface area contributed by atoms with Crippen LogP contribution in [0.25, 0.3) is 11.4 Å². The average Bonchev–Trinajstić information content (AvgIpc) is 3.49. The number of carboxylic acid groups (broad SMARTS) is 1. The van der Waals surface area contributed by atoms with E-state index < -0.39 is 11.8 Å². The van der Waals surface area contributed by atoms with Crippen molar-refractivity contribution >= 4 is 29.1 Å². The Morgan fingerprint density at radius 1 is 1.26 bits per heavy atom. The first-order valence-corrected chi connectivity index (χ1v) is 8.67. The minimum absolute atomic E-state index is 0.0216.